The molecule has 0 saturated heterocycles. The molecule has 4 rings (SSSR count). The van der Waals surface area contributed by atoms with Crippen molar-refractivity contribution in [2.45, 2.75) is 38.5 Å². The van der Waals surface area contributed by atoms with Crippen LogP contribution >= 0.6 is 11.6 Å². The molecule has 1 aromatic heterocycles. The number of hydrazone groups is 1. The molecule has 2 unspecified atom stereocenters. The third kappa shape index (κ3) is 1.94. The second kappa shape index (κ2) is 4.78. The summed E-state index contributed by atoms with van der Waals surface area (Å²) in [5.41, 5.74) is 1.58. The van der Waals surface area contributed by atoms with Crippen LogP contribution in [-0.4, -0.2) is 16.4 Å². The van der Waals surface area contributed by atoms with E-state index in [0.29, 0.717) is 5.02 Å². The molecule has 3 heterocycles. The van der Waals surface area contributed by atoms with Gasteiger partial charge in [0.25, 0.3) is 0 Å². The van der Waals surface area contributed by atoms with Crippen LogP contribution in [0.25, 0.3) is 0 Å². The normalized spacial score (nSPS) is 26.2. The SMILES string of the molecule is CCC1(C)Oc2ccc(Cl)cc2C2CC(c3ccco3)=NN21. The van der Waals surface area contributed by atoms with Crippen molar-refractivity contribution in [1.82, 2.24) is 5.01 Å². The Morgan fingerprint density at radius 1 is 1.41 bits per heavy atom. The molecular weight excluding hydrogens is 300 g/mol. The van der Waals surface area contributed by atoms with Crippen LogP contribution in [0, 0.1) is 0 Å². The lowest BCUT2D eigenvalue weighted by Crippen LogP contribution is -2.50. The average Bonchev–Trinajstić information content (AvgIpc) is 3.17. The van der Waals surface area contributed by atoms with E-state index in [1.54, 1.807) is 6.26 Å². The maximum atomic E-state index is 6.23. The zero-order valence-corrected chi connectivity index (χ0v) is 13.3. The lowest BCUT2D eigenvalue weighted by molar-refractivity contribution is -0.108. The molecule has 2 atom stereocenters. The van der Waals surface area contributed by atoms with Crippen molar-refractivity contribution < 1.29 is 9.15 Å². The summed E-state index contributed by atoms with van der Waals surface area (Å²) < 4.78 is 11.7. The van der Waals surface area contributed by atoms with Gasteiger partial charge >= 0.3 is 0 Å². The zero-order chi connectivity index (χ0) is 15.3. The Kier molecular flexibility index (Phi) is 2.98. The maximum Gasteiger partial charge on any atom is 0.195 e. The molecule has 0 fully saturated rings. The van der Waals surface area contributed by atoms with Gasteiger partial charge in [-0.15, -0.1) is 0 Å². The van der Waals surface area contributed by atoms with E-state index < -0.39 is 5.72 Å². The highest BCUT2D eigenvalue weighted by Gasteiger charge is 2.47. The molecule has 114 valence electrons. The Hall–Kier alpha value is -1.94. The van der Waals surface area contributed by atoms with Crippen molar-refractivity contribution in [2.24, 2.45) is 5.10 Å². The van der Waals surface area contributed by atoms with Crippen LogP contribution in [0.5, 0.6) is 5.75 Å². The van der Waals surface area contributed by atoms with Crippen LogP contribution < -0.4 is 4.74 Å². The Labute approximate surface area is 134 Å². The summed E-state index contributed by atoms with van der Waals surface area (Å²) in [7, 11) is 0. The lowest BCUT2D eigenvalue weighted by atomic mass is 9.95. The van der Waals surface area contributed by atoms with Gasteiger partial charge < -0.3 is 9.15 Å². The zero-order valence-electron chi connectivity index (χ0n) is 12.5. The first-order valence-electron chi connectivity index (χ1n) is 7.50. The fourth-order valence-electron chi connectivity index (χ4n) is 3.17. The van der Waals surface area contributed by atoms with Crippen LogP contribution in [0.1, 0.15) is 44.1 Å². The summed E-state index contributed by atoms with van der Waals surface area (Å²) in [6, 6.07) is 9.76. The number of halogens is 1. The first-order valence-corrected chi connectivity index (χ1v) is 7.87. The van der Waals surface area contributed by atoms with Gasteiger partial charge in [-0.25, -0.2) is 5.01 Å². The van der Waals surface area contributed by atoms with E-state index in [4.69, 9.17) is 25.9 Å². The number of furan rings is 1. The van der Waals surface area contributed by atoms with Gasteiger partial charge in [-0.3, -0.25) is 0 Å². The number of benzene rings is 1. The van der Waals surface area contributed by atoms with Crippen LogP contribution in [0.2, 0.25) is 5.02 Å². The van der Waals surface area contributed by atoms with Crippen LogP contribution in [0.15, 0.2) is 46.1 Å². The molecule has 0 radical (unpaired) electrons. The third-order valence-electron chi connectivity index (χ3n) is 4.52. The van der Waals surface area contributed by atoms with Gasteiger partial charge in [0.2, 0.25) is 0 Å². The second-order valence-corrected chi connectivity index (χ2v) is 6.34. The molecule has 2 aromatic rings. The van der Waals surface area contributed by atoms with E-state index in [-0.39, 0.29) is 6.04 Å². The summed E-state index contributed by atoms with van der Waals surface area (Å²) >= 11 is 6.18. The van der Waals surface area contributed by atoms with Crippen LogP contribution in [0.4, 0.5) is 0 Å². The van der Waals surface area contributed by atoms with Crippen molar-refractivity contribution in [3.63, 3.8) is 0 Å². The first-order chi connectivity index (χ1) is 10.6. The molecule has 0 amide bonds. The molecule has 0 bridgehead atoms. The van der Waals surface area contributed by atoms with Gasteiger partial charge in [0.1, 0.15) is 17.2 Å². The quantitative estimate of drug-likeness (QED) is 0.812. The fraction of sp³-hybridized carbons (Fsp3) is 0.353. The molecule has 0 saturated carbocycles. The largest absolute Gasteiger partial charge is 0.466 e. The van der Waals surface area contributed by atoms with Crippen molar-refractivity contribution >= 4 is 17.3 Å². The van der Waals surface area contributed by atoms with Gasteiger partial charge in [-0.05, 0) is 37.3 Å². The minimum atomic E-state index is -0.458. The molecule has 0 N–H and O–H groups in total. The van der Waals surface area contributed by atoms with E-state index >= 15 is 0 Å². The highest BCUT2D eigenvalue weighted by atomic mass is 35.5. The summed E-state index contributed by atoms with van der Waals surface area (Å²) in [6.45, 7) is 4.19. The number of hydrogen-bond donors (Lipinski definition) is 0. The van der Waals surface area contributed by atoms with E-state index in [2.05, 4.69) is 18.9 Å². The molecule has 0 spiro atoms. The summed E-state index contributed by atoms with van der Waals surface area (Å²) in [5, 5.41) is 7.57. The Balaban J connectivity index is 1.81. The molecule has 22 heavy (non-hydrogen) atoms. The van der Waals surface area contributed by atoms with Crippen molar-refractivity contribution in [3.05, 3.63) is 52.9 Å². The van der Waals surface area contributed by atoms with Gasteiger partial charge in [-0.1, -0.05) is 18.5 Å². The number of rotatable bonds is 2. The van der Waals surface area contributed by atoms with Crippen LogP contribution in [-0.2, 0) is 0 Å². The Morgan fingerprint density at radius 2 is 2.27 bits per heavy atom. The molecule has 2 aliphatic rings. The minimum absolute atomic E-state index is 0.132. The predicted octanol–water partition coefficient (Wildman–Crippen LogP) is 4.60. The summed E-state index contributed by atoms with van der Waals surface area (Å²) in [4.78, 5) is 0. The standard InChI is InChI=1S/C17H17ClN2O2/c1-3-17(2)20-14(10-13(19-20)16-5-4-8-21-16)12-9-11(18)6-7-15(12)22-17/h4-9,14H,3,10H2,1-2H3. The second-order valence-electron chi connectivity index (χ2n) is 5.90. The van der Waals surface area contributed by atoms with Gasteiger partial charge in [0.05, 0.1) is 12.3 Å². The van der Waals surface area contributed by atoms with Crippen LogP contribution in [0.3, 0.4) is 0 Å². The van der Waals surface area contributed by atoms with Gasteiger partial charge in [0.15, 0.2) is 5.72 Å². The molecular formula is C17H17ClN2O2. The topological polar surface area (TPSA) is 38.0 Å². The van der Waals surface area contributed by atoms with Crippen molar-refractivity contribution in [2.75, 3.05) is 0 Å². The number of nitrogens with zero attached hydrogens (tertiary/aromatic N) is 2. The summed E-state index contributed by atoms with van der Waals surface area (Å²) in [6.07, 6.45) is 3.30. The highest BCUT2D eigenvalue weighted by molar-refractivity contribution is 6.30. The number of hydrogen-bond acceptors (Lipinski definition) is 4. The molecule has 5 heteroatoms. The van der Waals surface area contributed by atoms with E-state index in [1.165, 1.54) is 0 Å². The van der Waals surface area contributed by atoms with Gasteiger partial charge in [-0.2, -0.15) is 5.10 Å². The van der Waals surface area contributed by atoms with Crippen molar-refractivity contribution in [3.8, 4) is 5.75 Å². The minimum Gasteiger partial charge on any atom is -0.466 e. The predicted molar refractivity (Wildman–Crippen MR) is 85.2 cm³/mol. The monoisotopic (exact) mass is 316 g/mol. The fourth-order valence-corrected chi connectivity index (χ4v) is 3.35. The van der Waals surface area contributed by atoms with E-state index in [1.807, 2.05) is 30.3 Å². The molecule has 0 aliphatic carbocycles. The summed E-state index contributed by atoms with van der Waals surface area (Å²) in [5.74, 6) is 1.71. The smallest absolute Gasteiger partial charge is 0.195 e. The molecule has 4 nitrogen and oxygen atoms in total. The van der Waals surface area contributed by atoms with Gasteiger partial charge in [0, 0.05) is 23.4 Å². The number of fused-ring (bicyclic) bond motifs is 3. The average molecular weight is 317 g/mol. The first kappa shape index (κ1) is 13.7. The third-order valence-corrected chi connectivity index (χ3v) is 4.75. The Bertz CT molecular complexity index is 741. The van der Waals surface area contributed by atoms with E-state index in [9.17, 15) is 0 Å². The molecule has 1 aromatic carbocycles. The maximum absolute atomic E-state index is 6.23. The lowest BCUT2D eigenvalue weighted by Gasteiger charge is -2.45. The van der Waals surface area contributed by atoms with E-state index in [0.717, 1.165) is 35.6 Å². The molecule has 2 aliphatic heterocycles. The van der Waals surface area contributed by atoms with Crippen molar-refractivity contribution in [1.29, 1.82) is 0 Å². The Morgan fingerprint density at radius 3 is 3.00 bits per heavy atom. The highest BCUT2D eigenvalue weighted by Crippen LogP contribution is 2.48. The number of ether oxygens (including phenoxy) is 1.